The average molecular weight is 503 g/mol. The second-order valence-electron chi connectivity index (χ2n) is 10.2. The van der Waals surface area contributed by atoms with Gasteiger partial charge in [0.25, 0.3) is 5.91 Å². The molecule has 0 bridgehead atoms. The van der Waals surface area contributed by atoms with Crippen LogP contribution in [0.1, 0.15) is 12.5 Å². The Kier molecular flexibility index (Phi) is 4.82. The minimum absolute atomic E-state index is 0.0113. The first kappa shape index (κ1) is 22.5. The van der Waals surface area contributed by atoms with Crippen molar-refractivity contribution in [2.24, 2.45) is 18.9 Å². The number of hydrogen-bond acceptors (Lipinski definition) is 6. The summed E-state index contributed by atoms with van der Waals surface area (Å²) in [7, 11) is 1.97. The molecule has 1 amide bonds. The van der Waals surface area contributed by atoms with Crippen molar-refractivity contribution in [3.8, 4) is 11.5 Å². The van der Waals surface area contributed by atoms with Gasteiger partial charge < -0.3 is 19.5 Å². The highest BCUT2D eigenvalue weighted by Gasteiger charge is 2.61. The van der Waals surface area contributed by atoms with E-state index in [-0.39, 0.29) is 17.9 Å². The second-order valence-corrected chi connectivity index (χ2v) is 10.2. The Morgan fingerprint density at radius 1 is 1.00 bits per heavy atom. The molecule has 38 heavy (non-hydrogen) atoms. The molecule has 0 spiro atoms. The van der Waals surface area contributed by atoms with Gasteiger partial charge in [0.05, 0.1) is 22.9 Å². The molecule has 2 aromatic heterocycles. The van der Waals surface area contributed by atoms with Crippen molar-refractivity contribution in [3.63, 3.8) is 0 Å². The van der Waals surface area contributed by atoms with E-state index < -0.39 is 0 Å². The number of carbonyl (C=O) groups is 1. The molecule has 1 aliphatic carbocycles. The van der Waals surface area contributed by atoms with Crippen molar-refractivity contribution >= 4 is 45.0 Å². The number of nitrogens with zero attached hydrogens (tertiary/aromatic N) is 5. The molecule has 2 aliphatic rings. The summed E-state index contributed by atoms with van der Waals surface area (Å²) in [5.74, 6) is 2.89. The van der Waals surface area contributed by atoms with Crippen LogP contribution in [0.5, 0.6) is 11.5 Å². The number of anilines is 3. The Labute approximate surface area is 219 Å². The molecule has 3 heterocycles. The zero-order chi connectivity index (χ0) is 26.1. The average Bonchev–Trinajstić information content (AvgIpc) is 3.28. The zero-order valence-electron chi connectivity index (χ0n) is 21.3. The lowest BCUT2D eigenvalue weighted by atomic mass is 10.1. The number of benzene rings is 3. The molecule has 1 saturated heterocycles. The number of piperidine rings is 1. The van der Waals surface area contributed by atoms with Crippen LogP contribution < -0.4 is 15.0 Å². The number of aryl methyl sites for hydroxylation is 2. The molecule has 8 heteroatoms. The molecule has 2 fully saturated rings. The fourth-order valence-corrected chi connectivity index (χ4v) is 5.66. The minimum Gasteiger partial charge on any atom is -0.457 e. The van der Waals surface area contributed by atoms with Gasteiger partial charge in [-0.25, -0.2) is 15.0 Å². The maximum atomic E-state index is 12.8. The van der Waals surface area contributed by atoms with Crippen LogP contribution in [0.2, 0.25) is 0 Å². The monoisotopic (exact) mass is 502 g/mol. The van der Waals surface area contributed by atoms with E-state index in [2.05, 4.69) is 33.8 Å². The molecule has 3 atom stereocenters. The second kappa shape index (κ2) is 8.14. The summed E-state index contributed by atoms with van der Waals surface area (Å²) in [6.45, 7) is 8.21. The van der Waals surface area contributed by atoms with Crippen LogP contribution in [0.25, 0.3) is 21.9 Å². The van der Waals surface area contributed by atoms with Crippen LogP contribution in [0.3, 0.4) is 0 Å². The first-order valence-electron chi connectivity index (χ1n) is 12.6. The standard InChI is InChI=1S/C30H26N6O2/c1-16-11-19(5-10-26(16)38-21-7-9-25-24(13-21)33-15-35(25)4)34-29-22-12-20(6-8-23(22)31-14-32-29)36-28-17(2)27(28)18(3)30(36)37/h5-15,17,27-28H,3H2,1-2,4H3,(H,31,32,34)/t17-,27-,28-/m1/s1. The van der Waals surface area contributed by atoms with E-state index >= 15 is 0 Å². The molecular formula is C30H26N6O2. The first-order valence-corrected chi connectivity index (χ1v) is 12.6. The van der Waals surface area contributed by atoms with Crippen LogP contribution in [0, 0.1) is 18.8 Å². The van der Waals surface area contributed by atoms with E-state index in [9.17, 15) is 4.79 Å². The van der Waals surface area contributed by atoms with Crippen molar-refractivity contribution in [3.05, 3.63) is 85.0 Å². The van der Waals surface area contributed by atoms with Crippen LogP contribution in [-0.2, 0) is 11.8 Å². The van der Waals surface area contributed by atoms with Crippen LogP contribution in [0.15, 0.2) is 79.4 Å². The van der Waals surface area contributed by atoms with E-state index in [1.165, 1.54) is 0 Å². The van der Waals surface area contributed by atoms with Gasteiger partial charge in [-0.3, -0.25) is 4.79 Å². The molecule has 3 aromatic carbocycles. The molecule has 1 N–H and O–H groups in total. The maximum absolute atomic E-state index is 12.8. The Morgan fingerprint density at radius 3 is 2.68 bits per heavy atom. The lowest BCUT2D eigenvalue weighted by Crippen LogP contribution is -2.30. The van der Waals surface area contributed by atoms with Crippen LogP contribution >= 0.6 is 0 Å². The lowest BCUT2D eigenvalue weighted by molar-refractivity contribution is -0.114. The summed E-state index contributed by atoms with van der Waals surface area (Å²) < 4.78 is 8.15. The Bertz CT molecular complexity index is 1790. The molecule has 8 nitrogen and oxygen atoms in total. The molecule has 0 radical (unpaired) electrons. The van der Waals surface area contributed by atoms with Gasteiger partial charge in [0.1, 0.15) is 23.6 Å². The van der Waals surface area contributed by atoms with E-state index in [1.54, 1.807) is 12.7 Å². The number of hydrogen-bond donors (Lipinski definition) is 1. The summed E-state index contributed by atoms with van der Waals surface area (Å²) in [5, 5.41) is 4.28. The van der Waals surface area contributed by atoms with Crippen molar-refractivity contribution < 1.29 is 9.53 Å². The first-order chi connectivity index (χ1) is 18.4. The maximum Gasteiger partial charge on any atom is 0.254 e. The van der Waals surface area contributed by atoms with Crippen molar-refractivity contribution in [1.29, 1.82) is 0 Å². The summed E-state index contributed by atoms with van der Waals surface area (Å²) in [6, 6.07) is 17.9. The Morgan fingerprint density at radius 2 is 1.87 bits per heavy atom. The topological polar surface area (TPSA) is 85.2 Å². The van der Waals surface area contributed by atoms with Crippen molar-refractivity contribution in [2.45, 2.75) is 19.9 Å². The van der Waals surface area contributed by atoms with Gasteiger partial charge in [0.15, 0.2) is 0 Å². The predicted octanol–water partition coefficient (Wildman–Crippen LogP) is 5.90. The van der Waals surface area contributed by atoms with Gasteiger partial charge in [-0.2, -0.15) is 0 Å². The molecule has 188 valence electrons. The highest BCUT2D eigenvalue weighted by atomic mass is 16.5. The van der Waals surface area contributed by atoms with Crippen LogP contribution in [0.4, 0.5) is 17.2 Å². The lowest BCUT2D eigenvalue weighted by Gasteiger charge is -2.21. The number of rotatable bonds is 5. The van der Waals surface area contributed by atoms with Gasteiger partial charge in [-0.15, -0.1) is 0 Å². The smallest absolute Gasteiger partial charge is 0.254 e. The fourth-order valence-electron chi connectivity index (χ4n) is 5.66. The molecule has 0 unspecified atom stereocenters. The third-order valence-corrected chi connectivity index (χ3v) is 7.79. The number of ether oxygens (including phenoxy) is 1. The molecule has 1 aliphatic heterocycles. The largest absolute Gasteiger partial charge is 0.457 e. The Hall–Kier alpha value is -4.72. The third kappa shape index (κ3) is 3.44. The number of amides is 1. The number of fused-ring (bicyclic) bond motifs is 3. The van der Waals surface area contributed by atoms with Gasteiger partial charge >= 0.3 is 0 Å². The van der Waals surface area contributed by atoms with Gasteiger partial charge in [-0.1, -0.05) is 13.5 Å². The summed E-state index contributed by atoms with van der Waals surface area (Å²) in [5.41, 5.74) is 6.17. The molecule has 1 saturated carbocycles. The highest BCUT2D eigenvalue weighted by molar-refractivity contribution is 6.12. The van der Waals surface area contributed by atoms with E-state index in [1.807, 2.05) is 78.0 Å². The highest BCUT2D eigenvalue weighted by Crippen LogP contribution is 2.54. The SMILES string of the molecule is C=C1C(=O)N(c2ccc3ncnc(Nc4ccc(Oc5ccc6c(c5)ncn6C)c(C)c4)c3c2)[C@@H]2[C@H](C)[C@H]12. The molecular weight excluding hydrogens is 476 g/mol. The van der Waals surface area contributed by atoms with E-state index in [4.69, 9.17) is 4.74 Å². The van der Waals surface area contributed by atoms with Crippen molar-refractivity contribution in [1.82, 2.24) is 19.5 Å². The number of aromatic nitrogens is 4. The quantitative estimate of drug-likeness (QED) is 0.301. The number of nitrogens with one attached hydrogen (secondary N) is 1. The summed E-state index contributed by atoms with van der Waals surface area (Å²) in [4.78, 5) is 28.1. The normalized spacial score (nSPS) is 20.3. The number of imidazole rings is 1. The van der Waals surface area contributed by atoms with Gasteiger partial charge in [0.2, 0.25) is 0 Å². The third-order valence-electron chi connectivity index (χ3n) is 7.79. The molecule has 5 aromatic rings. The molecule has 7 rings (SSSR count). The van der Waals surface area contributed by atoms with Gasteiger partial charge in [-0.05, 0) is 66.9 Å². The predicted molar refractivity (Wildman–Crippen MR) is 148 cm³/mol. The fraction of sp³-hybridized carbons (Fsp3) is 0.200. The van der Waals surface area contributed by atoms with Crippen LogP contribution in [-0.4, -0.2) is 31.5 Å². The van der Waals surface area contributed by atoms with E-state index in [0.29, 0.717) is 17.3 Å². The zero-order valence-corrected chi connectivity index (χ0v) is 21.3. The van der Waals surface area contributed by atoms with E-state index in [0.717, 1.165) is 50.4 Å². The Balaban J connectivity index is 1.16. The number of carbonyl (C=O) groups excluding carboxylic acids is 1. The van der Waals surface area contributed by atoms with Gasteiger partial charge in [0, 0.05) is 47.4 Å². The summed E-state index contributed by atoms with van der Waals surface area (Å²) >= 11 is 0. The minimum atomic E-state index is 0.0113. The van der Waals surface area contributed by atoms with Crippen molar-refractivity contribution in [2.75, 3.05) is 10.2 Å². The summed E-state index contributed by atoms with van der Waals surface area (Å²) in [6.07, 6.45) is 3.34.